The van der Waals surface area contributed by atoms with Crippen molar-refractivity contribution in [3.8, 4) is 0 Å². The van der Waals surface area contributed by atoms with Crippen molar-refractivity contribution in [2.24, 2.45) is 0 Å². The van der Waals surface area contributed by atoms with Gasteiger partial charge in [-0.3, -0.25) is 0 Å². The molecule has 0 aliphatic heterocycles. The first kappa shape index (κ1) is 13.5. The van der Waals surface area contributed by atoms with Crippen LogP contribution in [0.25, 0.3) is 0 Å². The molecule has 0 amide bonds. The SMILES string of the molecule is O=C(O)c1ccc(Br)c(S(=O)(=O)NC2CCC2)c1. The van der Waals surface area contributed by atoms with Crippen LogP contribution in [0.15, 0.2) is 27.6 Å². The number of nitrogens with one attached hydrogen (secondary N) is 1. The summed E-state index contributed by atoms with van der Waals surface area (Å²) in [6.07, 6.45) is 2.68. The predicted octanol–water partition coefficient (Wildman–Crippen LogP) is 1.98. The zero-order valence-corrected chi connectivity index (χ0v) is 11.8. The van der Waals surface area contributed by atoms with Gasteiger partial charge in [0.15, 0.2) is 0 Å². The van der Waals surface area contributed by atoms with Crippen LogP contribution in [0.4, 0.5) is 0 Å². The van der Waals surface area contributed by atoms with Gasteiger partial charge in [-0.15, -0.1) is 0 Å². The summed E-state index contributed by atoms with van der Waals surface area (Å²) in [5.74, 6) is -1.15. The molecule has 1 fully saturated rings. The molecule has 18 heavy (non-hydrogen) atoms. The molecule has 0 atom stereocenters. The van der Waals surface area contributed by atoms with Gasteiger partial charge in [0.2, 0.25) is 10.0 Å². The predicted molar refractivity (Wildman–Crippen MR) is 69.1 cm³/mol. The Bertz CT molecular complexity index is 581. The highest BCUT2D eigenvalue weighted by molar-refractivity contribution is 9.10. The second kappa shape index (κ2) is 4.99. The molecule has 0 aromatic heterocycles. The Balaban J connectivity index is 2.35. The molecule has 0 unspecified atom stereocenters. The maximum atomic E-state index is 12.1. The van der Waals surface area contributed by atoms with Crippen molar-refractivity contribution < 1.29 is 18.3 Å². The highest BCUT2D eigenvalue weighted by atomic mass is 79.9. The van der Waals surface area contributed by atoms with E-state index >= 15 is 0 Å². The largest absolute Gasteiger partial charge is 0.478 e. The first-order valence-electron chi connectivity index (χ1n) is 5.45. The van der Waals surface area contributed by atoms with Crippen molar-refractivity contribution >= 4 is 31.9 Å². The molecule has 2 rings (SSSR count). The maximum Gasteiger partial charge on any atom is 0.335 e. The topological polar surface area (TPSA) is 83.5 Å². The molecule has 0 saturated heterocycles. The van der Waals surface area contributed by atoms with Crippen molar-refractivity contribution in [2.75, 3.05) is 0 Å². The number of rotatable bonds is 4. The minimum Gasteiger partial charge on any atom is -0.478 e. The molecular formula is C11H12BrNO4S. The highest BCUT2D eigenvalue weighted by Gasteiger charge is 2.26. The molecule has 98 valence electrons. The average molecular weight is 334 g/mol. The molecule has 0 radical (unpaired) electrons. The standard InChI is InChI=1S/C11H12BrNO4S/c12-9-5-4-7(11(14)15)6-10(9)18(16,17)13-8-2-1-3-8/h4-6,8,13H,1-3H2,(H,14,15). The van der Waals surface area contributed by atoms with E-state index in [1.165, 1.54) is 12.1 Å². The van der Waals surface area contributed by atoms with Gasteiger partial charge in [0.05, 0.1) is 10.5 Å². The number of carboxylic acid groups (broad SMARTS) is 1. The van der Waals surface area contributed by atoms with Gasteiger partial charge >= 0.3 is 5.97 Å². The van der Waals surface area contributed by atoms with Crippen LogP contribution in [0.3, 0.4) is 0 Å². The summed E-state index contributed by atoms with van der Waals surface area (Å²) in [5.41, 5.74) is -0.0489. The summed E-state index contributed by atoms with van der Waals surface area (Å²) in [7, 11) is -3.67. The molecule has 0 bridgehead atoms. The average Bonchev–Trinajstić information content (AvgIpc) is 2.24. The second-order valence-electron chi connectivity index (χ2n) is 4.20. The molecule has 0 spiro atoms. The lowest BCUT2D eigenvalue weighted by Gasteiger charge is -2.26. The minimum absolute atomic E-state index is 0.0321. The fraction of sp³-hybridized carbons (Fsp3) is 0.364. The van der Waals surface area contributed by atoms with Crippen LogP contribution in [-0.4, -0.2) is 25.5 Å². The molecule has 7 heteroatoms. The van der Waals surface area contributed by atoms with Gasteiger partial charge < -0.3 is 5.11 Å². The molecule has 1 aromatic rings. The number of benzene rings is 1. The fourth-order valence-corrected chi connectivity index (χ4v) is 3.95. The number of aromatic carboxylic acids is 1. The Morgan fingerprint density at radius 2 is 2.06 bits per heavy atom. The van der Waals surface area contributed by atoms with Gasteiger partial charge in [-0.2, -0.15) is 0 Å². The van der Waals surface area contributed by atoms with E-state index in [9.17, 15) is 13.2 Å². The van der Waals surface area contributed by atoms with Gasteiger partial charge in [0.25, 0.3) is 0 Å². The van der Waals surface area contributed by atoms with E-state index in [0.717, 1.165) is 25.3 Å². The van der Waals surface area contributed by atoms with E-state index in [1.807, 2.05) is 0 Å². The summed E-state index contributed by atoms with van der Waals surface area (Å²) in [5, 5.41) is 8.87. The van der Waals surface area contributed by atoms with E-state index < -0.39 is 16.0 Å². The van der Waals surface area contributed by atoms with Crippen LogP contribution < -0.4 is 4.72 Å². The van der Waals surface area contributed by atoms with Crippen molar-refractivity contribution in [1.29, 1.82) is 0 Å². The van der Waals surface area contributed by atoms with Crippen LogP contribution >= 0.6 is 15.9 Å². The molecular weight excluding hydrogens is 322 g/mol. The third kappa shape index (κ3) is 2.73. The number of sulfonamides is 1. The number of hydrogen-bond acceptors (Lipinski definition) is 3. The van der Waals surface area contributed by atoms with Gasteiger partial charge in [-0.05, 0) is 47.0 Å². The lowest BCUT2D eigenvalue weighted by Crippen LogP contribution is -2.39. The molecule has 1 aromatic carbocycles. The Labute approximate surface area is 113 Å². The zero-order valence-electron chi connectivity index (χ0n) is 9.39. The maximum absolute atomic E-state index is 12.1. The van der Waals surface area contributed by atoms with Gasteiger partial charge in [-0.25, -0.2) is 17.9 Å². The third-order valence-electron chi connectivity index (χ3n) is 2.89. The monoisotopic (exact) mass is 333 g/mol. The smallest absolute Gasteiger partial charge is 0.335 e. The van der Waals surface area contributed by atoms with Gasteiger partial charge in [0.1, 0.15) is 0 Å². The molecule has 5 nitrogen and oxygen atoms in total. The molecule has 1 aliphatic rings. The molecule has 2 N–H and O–H groups in total. The molecule has 1 aliphatic carbocycles. The third-order valence-corrected chi connectivity index (χ3v) is 5.41. The van der Waals surface area contributed by atoms with Crippen molar-refractivity contribution in [1.82, 2.24) is 4.72 Å². The number of carboxylic acids is 1. The first-order valence-corrected chi connectivity index (χ1v) is 7.73. The van der Waals surface area contributed by atoms with Crippen LogP contribution in [0.5, 0.6) is 0 Å². The minimum atomic E-state index is -3.67. The Kier molecular flexibility index (Phi) is 3.74. The fourth-order valence-electron chi connectivity index (χ4n) is 1.65. The van der Waals surface area contributed by atoms with Crippen LogP contribution in [-0.2, 0) is 10.0 Å². The summed E-state index contributed by atoms with van der Waals surface area (Å²) < 4.78 is 27.1. The van der Waals surface area contributed by atoms with Gasteiger partial charge in [0, 0.05) is 10.5 Å². The molecule has 0 heterocycles. The van der Waals surface area contributed by atoms with Crippen molar-refractivity contribution in [2.45, 2.75) is 30.2 Å². The second-order valence-corrected chi connectivity index (χ2v) is 6.74. The summed E-state index contributed by atoms with van der Waals surface area (Å²) in [6.45, 7) is 0. The summed E-state index contributed by atoms with van der Waals surface area (Å²) >= 11 is 3.13. The number of hydrogen-bond donors (Lipinski definition) is 2. The zero-order chi connectivity index (χ0) is 13.3. The van der Waals surface area contributed by atoms with E-state index in [0.29, 0.717) is 4.47 Å². The van der Waals surface area contributed by atoms with Crippen molar-refractivity contribution in [3.63, 3.8) is 0 Å². The molecule has 1 saturated carbocycles. The van der Waals surface area contributed by atoms with E-state index in [4.69, 9.17) is 5.11 Å². The summed E-state index contributed by atoms with van der Waals surface area (Å²) in [6, 6.07) is 3.91. The normalized spacial score (nSPS) is 16.3. The van der Waals surface area contributed by atoms with Crippen LogP contribution in [0, 0.1) is 0 Å². The summed E-state index contributed by atoms with van der Waals surface area (Å²) in [4.78, 5) is 10.8. The Hall–Kier alpha value is -0.920. The van der Waals surface area contributed by atoms with Crippen LogP contribution in [0.2, 0.25) is 0 Å². The van der Waals surface area contributed by atoms with Crippen LogP contribution in [0.1, 0.15) is 29.6 Å². The van der Waals surface area contributed by atoms with E-state index in [2.05, 4.69) is 20.7 Å². The van der Waals surface area contributed by atoms with E-state index in [1.54, 1.807) is 0 Å². The van der Waals surface area contributed by atoms with Crippen molar-refractivity contribution in [3.05, 3.63) is 28.2 Å². The lowest BCUT2D eigenvalue weighted by molar-refractivity contribution is 0.0696. The quantitative estimate of drug-likeness (QED) is 0.882. The first-order chi connectivity index (χ1) is 8.40. The number of halogens is 1. The highest BCUT2D eigenvalue weighted by Crippen LogP contribution is 2.26. The lowest BCUT2D eigenvalue weighted by atomic mass is 9.94. The Morgan fingerprint density at radius 3 is 2.56 bits per heavy atom. The Morgan fingerprint density at radius 1 is 1.39 bits per heavy atom. The number of carbonyl (C=O) groups is 1. The van der Waals surface area contributed by atoms with Gasteiger partial charge in [-0.1, -0.05) is 6.42 Å². The van der Waals surface area contributed by atoms with E-state index in [-0.39, 0.29) is 16.5 Å².